The molecule has 84 valence electrons. The fourth-order valence-electron chi connectivity index (χ4n) is 2.42. The van der Waals surface area contributed by atoms with E-state index in [1.165, 1.54) is 12.8 Å². The van der Waals surface area contributed by atoms with Crippen LogP contribution in [0.15, 0.2) is 6.33 Å². The zero-order chi connectivity index (χ0) is 10.9. The van der Waals surface area contributed by atoms with Gasteiger partial charge in [-0.05, 0) is 39.7 Å². The summed E-state index contributed by atoms with van der Waals surface area (Å²) in [5, 5.41) is 12.0. The van der Waals surface area contributed by atoms with Gasteiger partial charge in [0.1, 0.15) is 6.33 Å². The van der Waals surface area contributed by atoms with Crippen molar-refractivity contribution in [1.82, 2.24) is 20.1 Å². The van der Waals surface area contributed by atoms with E-state index in [1.807, 2.05) is 6.33 Å². The SMILES string of the molecule is CCC1(c2nncn2C(C)C)CCCN1. The average molecular weight is 208 g/mol. The van der Waals surface area contributed by atoms with Gasteiger partial charge in [-0.1, -0.05) is 6.92 Å². The first kappa shape index (κ1) is 10.6. The molecule has 1 unspecified atom stereocenters. The number of aromatic nitrogens is 3. The highest BCUT2D eigenvalue weighted by molar-refractivity contribution is 5.09. The highest BCUT2D eigenvalue weighted by Gasteiger charge is 2.38. The van der Waals surface area contributed by atoms with Crippen molar-refractivity contribution in [2.75, 3.05) is 6.54 Å². The third kappa shape index (κ3) is 1.67. The van der Waals surface area contributed by atoms with E-state index in [1.54, 1.807) is 0 Å². The Balaban J connectivity index is 2.38. The van der Waals surface area contributed by atoms with Crippen molar-refractivity contribution in [1.29, 1.82) is 0 Å². The van der Waals surface area contributed by atoms with Gasteiger partial charge in [-0.3, -0.25) is 0 Å². The lowest BCUT2D eigenvalue weighted by molar-refractivity contribution is 0.329. The van der Waals surface area contributed by atoms with Gasteiger partial charge in [0.2, 0.25) is 0 Å². The van der Waals surface area contributed by atoms with Gasteiger partial charge < -0.3 is 9.88 Å². The second-order valence-corrected chi connectivity index (χ2v) is 4.62. The summed E-state index contributed by atoms with van der Waals surface area (Å²) >= 11 is 0. The van der Waals surface area contributed by atoms with Crippen molar-refractivity contribution in [3.63, 3.8) is 0 Å². The summed E-state index contributed by atoms with van der Waals surface area (Å²) in [5.41, 5.74) is 0.0702. The van der Waals surface area contributed by atoms with Gasteiger partial charge >= 0.3 is 0 Å². The largest absolute Gasteiger partial charge is 0.313 e. The molecule has 0 saturated carbocycles. The van der Waals surface area contributed by atoms with Crippen molar-refractivity contribution >= 4 is 0 Å². The second-order valence-electron chi connectivity index (χ2n) is 4.62. The van der Waals surface area contributed by atoms with Gasteiger partial charge in [-0.25, -0.2) is 0 Å². The molecule has 4 nitrogen and oxygen atoms in total. The Morgan fingerprint density at radius 1 is 1.60 bits per heavy atom. The fraction of sp³-hybridized carbons (Fsp3) is 0.818. The first-order valence-corrected chi connectivity index (χ1v) is 5.84. The molecule has 4 heteroatoms. The van der Waals surface area contributed by atoms with Crippen molar-refractivity contribution < 1.29 is 0 Å². The van der Waals surface area contributed by atoms with Crippen LogP contribution in [-0.4, -0.2) is 21.3 Å². The standard InChI is InChI=1S/C11H20N4/c1-4-11(6-5-7-12-11)10-14-13-8-15(10)9(2)3/h8-9,12H,4-7H2,1-3H3. The molecule has 0 aliphatic carbocycles. The average Bonchev–Trinajstić information content (AvgIpc) is 2.87. The molecule has 0 radical (unpaired) electrons. The van der Waals surface area contributed by atoms with Crippen molar-refractivity contribution in [2.24, 2.45) is 0 Å². The minimum atomic E-state index is 0.0702. The molecule has 0 bridgehead atoms. The Kier molecular flexibility index (Phi) is 2.78. The smallest absolute Gasteiger partial charge is 0.153 e. The van der Waals surface area contributed by atoms with Crippen LogP contribution in [0.1, 0.15) is 51.9 Å². The van der Waals surface area contributed by atoms with Crippen LogP contribution in [0.4, 0.5) is 0 Å². The van der Waals surface area contributed by atoms with Gasteiger partial charge in [-0.15, -0.1) is 10.2 Å². The van der Waals surface area contributed by atoms with Crippen LogP contribution < -0.4 is 5.32 Å². The predicted molar refractivity (Wildman–Crippen MR) is 59.6 cm³/mol. The first-order valence-electron chi connectivity index (χ1n) is 5.84. The maximum Gasteiger partial charge on any atom is 0.153 e. The summed E-state index contributed by atoms with van der Waals surface area (Å²) in [6.07, 6.45) is 5.34. The number of hydrogen-bond donors (Lipinski definition) is 1. The highest BCUT2D eigenvalue weighted by Crippen LogP contribution is 2.33. The number of hydrogen-bond acceptors (Lipinski definition) is 3. The lowest BCUT2D eigenvalue weighted by atomic mass is 9.93. The van der Waals surface area contributed by atoms with E-state index in [9.17, 15) is 0 Å². The third-order valence-electron chi connectivity index (χ3n) is 3.40. The molecule has 0 spiro atoms. The van der Waals surface area contributed by atoms with Crippen LogP contribution >= 0.6 is 0 Å². The Labute approximate surface area is 91.1 Å². The van der Waals surface area contributed by atoms with Crippen molar-refractivity contribution in [2.45, 2.75) is 51.6 Å². The van der Waals surface area contributed by atoms with Gasteiger partial charge in [0, 0.05) is 6.04 Å². The molecule has 1 aliphatic heterocycles. The Hall–Kier alpha value is -0.900. The quantitative estimate of drug-likeness (QED) is 0.824. The second kappa shape index (κ2) is 3.93. The number of nitrogens with zero attached hydrogens (tertiary/aromatic N) is 3. The van der Waals surface area contributed by atoms with E-state index in [-0.39, 0.29) is 5.54 Å². The normalized spacial score (nSPS) is 26.4. The summed E-state index contributed by atoms with van der Waals surface area (Å²) in [6, 6.07) is 0.431. The third-order valence-corrected chi connectivity index (χ3v) is 3.40. The Bertz CT molecular complexity index is 323. The van der Waals surface area contributed by atoms with Crippen molar-refractivity contribution in [3.05, 3.63) is 12.2 Å². The van der Waals surface area contributed by atoms with E-state index >= 15 is 0 Å². The summed E-state index contributed by atoms with van der Waals surface area (Å²) in [5.74, 6) is 1.11. The molecule has 15 heavy (non-hydrogen) atoms. The van der Waals surface area contributed by atoms with Gasteiger partial charge in [0.15, 0.2) is 5.82 Å². The molecule has 2 heterocycles. The van der Waals surface area contributed by atoms with Gasteiger partial charge in [0.25, 0.3) is 0 Å². The molecule has 1 aromatic heterocycles. The molecule has 1 N–H and O–H groups in total. The molecule has 1 aliphatic rings. The molecule has 1 fully saturated rings. The molecule has 1 aromatic rings. The summed E-state index contributed by atoms with van der Waals surface area (Å²) in [4.78, 5) is 0. The van der Waals surface area contributed by atoms with Crippen LogP contribution in [-0.2, 0) is 5.54 Å². The fourth-order valence-corrected chi connectivity index (χ4v) is 2.42. The predicted octanol–water partition coefficient (Wildman–Crippen LogP) is 1.85. The molecule has 0 aromatic carbocycles. The topological polar surface area (TPSA) is 42.7 Å². The van der Waals surface area contributed by atoms with Gasteiger partial charge in [-0.2, -0.15) is 0 Å². The van der Waals surface area contributed by atoms with E-state index in [2.05, 4.69) is 40.9 Å². The Morgan fingerprint density at radius 3 is 2.93 bits per heavy atom. The monoisotopic (exact) mass is 208 g/mol. The number of nitrogens with one attached hydrogen (secondary N) is 1. The highest BCUT2D eigenvalue weighted by atomic mass is 15.3. The zero-order valence-corrected chi connectivity index (χ0v) is 9.82. The van der Waals surface area contributed by atoms with Crippen LogP contribution in [0.3, 0.4) is 0 Å². The first-order chi connectivity index (χ1) is 7.19. The molecule has 1 atom stereocenters. The van der Waals surface area contributed by atoms with Crippen LogP contribution in [0.25, 0.3) is 0 Å². The van der Waals surface area contributed by atoms with Crippen LogP contribution in [0.5, 0.6) is 0 Å². The summed E-state index contributed by atoms with van der Waals surface area (Å²) in [6.45, 7) is 7.66. The van der Waals surface area contributed by atoms with Crippen molar-refractivity contribution in [3.8, 4) is 0 Å². The number of rotatable bonds is 3. The summed E-state index contributed by atoms with van der Waals surface area (Å²) < 4.78 is 2.18. The minimum absolute atomic E-state index is 0.0702. The van der Waals surface area contributed by atoms with E-state index in [0.717, 1.165) is 18.8 Å². The maximum atomic E-state index is 4.31. The lowest BCUT2D eigenvalue weighted by Gasteiger charge is -2.28. The van der Waals surface area contributed by atoms with Gasteiger partial charge in [0.05, 0.1) is 5.54 Å². The summed E-state index contributed by atoms with van der Waals surface area (Å²) in [7, 11) is 0. The molecule has 1 saturated heterocycles. The zero-order valence-electron chi connectivity index (χ0n) is 9.82. The van der Waals surface area contributed by atoms with E-state index in [0.29, 0.717) is 6.04 Å². The van der Waals surface area contributed by atoms with Crippen LogP contribution in [0.2, 0.25) is 0 Å². The lowest BCUT2D eigenvalue weighted by Crippen LogP contribution is -2.39. The van der Waals surface area contributed by atoms with Crippen LogP contribution in [0, 0.1) is 0 Å². The molecule has 2 rings (SSSR count). The Morgan fingerprint density at radius 2 is 2.40 bits per heavy atom. The van der Waals surface area contributed by atoms with E-state index in [4.69, 9.17) is 0 Å². The molecular weight excluding hydrogens is 188 g/mol. The van der Waals surface area contributed by atoms with E-state index < -0.39 is 0 Å². The molecule has 0 amide bonds. The maximum absolute atomic E-state index is 4.31. The molecular formula is C11H20N4. The minimum Gasteiger partial charge on any atom is -0.313 e.